The Morgan fingerprint density at radius 1 is 0.625 bits per heavy atom. The number of carbonyl (C=O) groups is 1. The molecule has 0 aliphatic carbocycles. The van der Waals surface area contributed by atoms with Crippen molar-refractivity contribution < 1.29 is 19.0 Å². The second-order valence-electron chi connectivity index (χ2n) is 7.30. The van der Waals surface area contributed by atoms with Gasteiger partial charge in [0.05, 0.1) is 26.4 Å². The fourth-order valence-electron chi connectivity index (χ4n) is 2.24. The van der Waals surface area contributed by atoms with Crippen molar-refractivity contribution in [3.8, 4) is 0 Å². The summed E-state index contributed by atoms with van der Waals surface area (Å²) in [5.74, 6) is 1.75. The second-order valence-corrected chi connectivity index (χ2v) is 7.30. The van der Waals surface area contributed by atoms with Crippen molar-refractivity contribution >= 4 is 5.78 Å². The van der Waals surface area contributed by atoms with E-state index in [9.17, 15) is 4.79 Å². The molecule has 0 saturated carbocycles. The third-order valence-corrected chi connectivity index (χ3v) is 3.81. The number of hydrogen-bond acceptors (Lipinski definition) is 4. The molecule has 0 rings (SSSR count). The quantitative estimate of drug-likeness (QED) is 0.340. The summed E-state index contributed by atoms with van der Waals surface area (Å²) < 4.78 is 16.5. The normalized spacial score (nSPS) is 11.6. The van der Waals surface area contributed by atoms with Gasteiger partial charge in [-0.1, -0.05) is 27.7 Å². The van der Waals surface area contributed by atoms with Crippen LogP contribution in [0.4, 0.5) is 0 Å². The summed E-state index contributed by atoms with van der Waals surface area (Å²) in [5.41, 5.74) is 0. The molecule has 0 bridgehead atoms. The highest BCUT2D eigenvalue weighted by Crippen LogP contribution is 2.07. The van der Waals surface area contributed by atoms with Gasteiger partial charge in [-0.2, -0.15) is 0 Å². The smallest absolute Gasteiger partial charge is 0.132 e. The minimum atomic E-state index is 0.389. The standard InChI is InChI=1S/C20H40O4/c1-18(2)8-7-13-23-15-17-24-16-14-22-12-6-5-9-20(21)11-10-19(3)4/h18-19H,5-17H2,1-4H3. The van der Waals surface area contributed by atoms with Crippen molar-refractivity contribution in [2.24, 2.45) is 11.8 Å². The van der Waals surface area contributed by atoms with Gasteiger partial charge in [0, 0.05) is 26.1 Å². The lowest BCUT2D eigenvalue weighted by molar-refractivity contribution is -0.119. The Hall–Kier alpha value is -0.450. The maximum Gasteiger partial charge on any atom is 0.132 e. The number of carbonyl (C=O) groups excluding carboxylic acids is 1. The molecular formula is C20H40O4. The van der Waals surface area contributed by atoms with Crippen LogP contribution in [-0.2, 0) is 19.0 Å². The molecule has 0 fully saturated rings. The average Bonchev–Trinajstić information content (AvgIpc) is 2.52. The molecule has 0 unspecified atom stereocenters. The van der Waals surface area contributed by atoms with Crippen molar-refractivity contribution in [2.75, 3.05) is 39.6 Å². The van der Waals surface area contributed by atoms with Gasteiger partial charge in [0.25, 0.3) is 0 Å². The van der Waals surface area contributed by atoms with Crippen molar-refractivity contribution in [1.29, 1.82) is 0 Å². The van der Waals surface area contributed by atoms with Crippen LogP contribution in [0.5, 0.6) is 0 Å². The molecule has 0 aliphatic heterocycles. The lowest BCUT2D eigenvalue weighted by atomic mass is 10.0. The molecule has 0 amide bonds. The molecule has 0 atom stereocenters. The van der Waals surface area contributed by atoms with E-state index in [2.05, 4.69) is 27.7 Å². The van der Waals surface area contributed by atoms with Crippen LogP contribution in [0.3, 0.4) is 0 Å². The van der Waals surface area contributed by atoms with E-state index < -0.39 is 0 Å². The zero-order valence-electron chi connectivity index (χ0n) is 16.5. The van der Waals surface area contributed by atoms with Crippen LogP contribution in [0, 0.1) is 11.8 Å². The number of ketones is 1. The monoisotopic (exact) mass is 344 g/mol. The van der Waals surface area contributed by atoms with Crippen molar-refractivity contribution in [2.45, 2.75) is 72.6 Å². The van der Waals surface area contributed by atoms with Crippen LogP contribution in [0.15, 0.2) is 0 Å². The van der Waals surface area contributed by atoms with Gasteiger partial charge < -0.3 is 14.2 Å². The Morgan fingerprint density at radius 2 is 1.12 bits per heavy atom. The van der Waals surface area contributed by atoms with Crippen molar-refractivity contribution in [3.05, 3.63) is 0 Å². The lowest BCUT2D eigenvalue weighted by Gasteiger charge is -2.08. The molecule has 0 radical (unpaired) electrons. The fraction of sp³-hybridized carbons (Fsp3) is 0.950. The first-order valence-corrected chi connectivity index (χ1v) is 9.77. The maximum absolute atomic E-state index is 11.6. The first-order valence-electron chi connectivity index (χ1n) is 9.77. The van der Waals surface area contributed by atoms with E-state index in [1.165, 1.54) is 6.42 Å². The van der Waals surface area contributed by atoms with E-state index in [1.807, 2.05) is 0 Å². The first-order chi connectivity index (χ1) is 11.5. The Balaban J connectivity index is 3.11. The number of ether oxygens (including phenoxy) is 3. The van der Waals surface area contributed by atoms with Crippen molar-refractivity contribution in [1.82, 2.24) is 0 Å². The molecule has 0 aliphatic rings. The highest BCUT2D eigenvalue weighted by Gasteiger charge is 2.03. The zero-order chi connectivity index (χ0) is 18.0. The van der Waals surface area contributed by atoms with Gasteiger partial charge in [-0.05, 0) is 43.9 Å². The van der Waals surface area contributed by atoms with Gasteiger partial charge in [0.15, 0.2) is 0 Å². The average molecular weight is 345 g/mol. The van der Waals surface area contributed by atoms with Gasteiger partial charge in [0.1, 0.15) is 5.78 Å². The molecule has 4 heteroatoms. The van der Waals surface area contributed by atoms with E-state index in [0.29, 0.717) is 51.2 Å². The van der Waals surface area contributed by atoms with Crippen LogP contribution < -0.4 is 0 Å². The second kappa shape index (κ2) is 17.4. The van der Waals surface area contributed by atoms with Crippen LogP contribution in [0.1, 0.15) is 72.6 Å². The van der Waals surface area contributed by atoms with Crippen LogP contribution >= 0.6 is 0 Å². The highest BCUT2D eigenvalue weighted by atomic mass is 16.5. The van der Waals surface area contributed by atoms with E-state index in [0.717, 1.165) is 44.6 Å². The minimum absolute atomic E-state index is 0.389. The van der Waals surface area contributed by atoms with E-state index in [-0.39, 0.29) is 0 Å². The largest absolute Gasteiger partial charge is 0.379 e. The number of hydrogen-bond donors (Lipinski definition) is 0. The van der Waals surface area contributed by atoms with Gasteiger partial charge in [-0.15, -0.1) is 0 Å². The van der Waals surface area contributed by atoms with Crippen molar-refractivity contribution in [3.63, 3.8) is 0 Å². The molecule has 4 nitrogen and oxygen atoms in total. The molecule has 0 aromatic heterocycles. The van der Waals surface area contributed by atoms with Gasteiger partial charge in [-0.3, -0.25) is 4.79 Å². The molecule has 0 aromatic carbocycles. The van der Waals surface area contributed by atoms with Crippen LogP contribution in [0.25, 0.3) is 0 Å². The fourth-order valence-corrected chi connectivity index (χ4v) is 2.24. The summed E-state index contributed by atoms with van der Waals surface area (Å²) in [7, 11) is 0. The summed E-state index contributed by atoms with van der Waals surface area (Å²) in [6.45, 7) is 12.8. The molecule has 0 N–H and O–H groups in total. The van der Waals surface area contributed by atoms with E-state index in [4.69, 9.17) is 14.2 Å². The Kier molecular flexibility index (Phi) is 17.0. The molecule has 144 valence electrons. The summed E-state index contributed by atoms with van der Waals surface area (Å²) in [6, 6.07) is 0. The SMILES string of the molecule is CC(C)CCCOCCOCCOCCCCC(=O)CCC(C)C. The van der Waals surface area contributed by atoms with Crippen LogP contribution in [-0.4, -0.2) is 45.4 Å². The lowest BCUT2D eigenvalue weighted by Crippen LogP contribution is -2.10. The summed E-state index contributed by atoms with van der Waals surface area (Å²) in [5, 5.41) is 0. The summed E-state index contributed by atoms with van der Waals surface area (Å²) in [4.78, 5) is 11.6. The van der Waals surface area contributed by atoms with Gasteiger partial charge in [0.2, 0.25) is 0 Å². The Morgan fingerprint density at radius 3 is 1.67 bits per heavy atom. The molecule has 0 aromatic rings. The summed E-state index contributed by atoms with van der Waals surface area (Å²) >= 11 is 0. The number of rotatable bonds is 18. The molecule has 0 saturated heterocycles. The third kappa shape index (κ3) is 19.6. The predicted octanol–water partition coefficient (Wildman–Crippen LogP) is 4.65. The summed E-state index contributed by atoms with van der Waals surface area (Å²) in [6.07, 6.45) is 6.66. The maximum atomic E-state index is 11.6. The third-order valence-electron chi connectivity index (χ3n) is 3.81. The molecule has 0 heterocycles. The molecule has 24 heavy (non-hydrogen) atoms. The first kappa shape index (κ1) is 23.5. The Bertz CT molecular complexity index is 277. The van der Waals surface area contributed by atoms with Gasteiger partial charge in [-0.25, -0.2) is 0 Å². The van der Waals surface area contributed by atoms with Crippen LogP contribution in [0.2, 0.25) is 0 Å². The zero-order valence-corrected chi connectivity index (χ0v) is 16.5. The number of unbranched alkanes of at least 4 members (excludes halogenated alkanes) is 1. The molecular weight excluding hydrogens is 304 g/mol. The predicted molar refractivity (Wildman–Crippen MR) is 99.5 cm³/mol. The van der Waals surface area contributed by atoms with E-state index in [1.54, 1.807) is 0 Å². The topological polar surface area (TPSA) is 44.8 Å². The number of Topliss-reactive ketones (excluding diaryl/α,β-unsaturated/α-hetero) is 1. The van der Waals surface area contributed by atoms with Gasteiger partial charge >= 0.3 is 0 Å². The minimum Gasteiger partial charge on any atom is -0.379 e. The highest BCUT2D eigenvalue weighted by molar-refractivity contribution is 5.78. The van der Waals surface area contributed by atoms with E-state index >= 15 is 0 Å². The molecule has 0 spiro atoms. The Labute approximate surface area is 149 Å².